The second kappa shape index (κ2) is 10.8. The number of benzene rings is 2. The van der Waals surface area contributed by atoms with E-state index in [1.54, 1.807) is 49.7 Å². The Kier molecular flexibility index (Phi) is 7.44. The number of hydrogen-bond acceptors (Lipinski definition) is 6. The summed E-state index contributed by atoms with van der Waals surface area (Å²) >= 11 is 1.24. The number of aryl methyl sites for hydroxylation is 1. The van der Waals surface area contributed by atoms with E-state index in [2.05, 4.69) is 39.6 Å². The number of aromatic amines is 1. The van der Waals surface area contributed by atoms with E-state index in [4.69, 9.17) is 4.42 Å². The zero-order valence-electron chi connectivity index (χ0n) is 18.9. The SMILES string of the molecule is CCc1ccc(-c2nc(SCC(=O)N(C)c3ccccc3C(=O)NCc3ccco3)n[nH]2)cc1. The summed E-state index contributed by atoms with van der Waals surface area (Å²) in [5.74, 6) is 0.982. The van der Waals surface area contributed by atoms with E-state index < -0.39 is 0 Å². The maximum atomic E-state index is 12.9. The van der Waals surface area contributed by atoms with Crippen LogP contribution in [0, 0.1) is 0 Å². The molecule has 4 rings (SSSR count). The number of carbonyl (C=O) groups is 2. The third-order valence-corrected chi connectivity index (χ3v) is 6.14. The van der Waals surface area contributed by atoms with Crippen LogP contribution in [-0.4, -0.2) is 39.8 Å². The highest BCUT2D eigenvalue weighted by atomic mass is 32.2. The van der Waals surface area contributed by atoms with Gasteiger partial charge in [-0.1, -0.05) is 55.1 Å². The predicted octanol–water partition coefficient (Wildman–Crippen LogP) is 4.31. The van der Waals surface area contributed by atoms with Gasteiger partial charge in [0.25, 0.3) is 5.91 Å². The highest BCUT2D eigenvalue weighted by Gasteiger charge is 2.19. The van der Waals surface area contributed by atoms with Crippen molar-refractivity contribution in [2.45, 2.75) is 25.0 Å². The number of H-pyrrole nitrogens is 1. The minimum absolute atomic E-state index is 0.130. The van der Waals surface area contributed by atoms with Crippen LogP contribution >= 0.6 is 11.8 Å². The molecule has 2 amide bonds. The summed E-state index contributed by atoms with van der Waals surface area (Å²) < 4.78 is 5.25. The van der Waals surface area contributed by atoms with Crippen molar-refractivity contribution >= 4 is 29.3 Å². The van der Waals surface area contributed by atoms with Gasteiger partial charge in [0.1, 0.15) is 5.76 Å². The largest absolute Gasteiger partial charge is 0.467 e. The molecule has 0 aliphatic carbocycles. The lowest BCUT2D eigenvalue weighted by atomic mass is 10.1. The van der Waals surface area contributed by atoms with Gasteiger partial charge in [0.2, 0.25) is 11.1 Å². The molecule has 0 aliphatic heterocycles. The van der Waals surface area contributed by atoms with E-state index in [1.807, 2.05) is 12.1 Å². The van der Waals surface area contributed by atoms with Crippen LogP contribution in [0.15, 0.2) is 76.5 Å². The summed E-state index contributed by atoms with van der Waals surface area (Å²) in [5.41, 5.74) is 3.12. The van der Waals surface area contributed by atoms with E-state index in [-0.39, 0.29) is 24.1 Å². The minimum Gasteiger partial charge on any atom is -0.467 e. The molecule has 0 radical (unpaired) electrons. The van der Waals surface area contributed by atoms with Crippen molar-refractivity contribution in [3.63, 3.8) is 0 Å². The first-order chi connectivity index (χ1) is 16.5. The molecule has 2 aromatic carbocycles. The van der Waals surface area contributed by atoms with Gasteiger partial charge in [-0.15, -0.1) is 5.10 Å². The number of anilines is 1. The fourth-order valence-electron chi connectivity index (χ4n) is 3.33. The highest BCUT2D eigenvalue weighted by molar-refractivity contribution is 7.99. The predicted molar refractivity (Wildman–Crippen MR) is 132 cm³/mol. The van der Waals surface area contributed by atoms with Gasteiger partial charge < -0.3 is 14.6 Å². The summed E-state index contributed by atoms with van der Waals surface area (Å²) in [5, 5.41) is 10.4. The molecule has 0 bridgehead atoms. The van der Waals surface area contributed by atoms with Gasteiger partial charge in [-0.2, -0.15) is 0 Å². The topological polar surface area (TPSA) is 104 Å². The number of hydrogen-bond donors (Lipinski definition) is 2. The highest BCUT2D eigenvalue weighted by Crippen LogP contribution is 2.23. The molecule has 0 unspecified atom stereocenters. The van der Waals surface area contributed by atoms with Crippen molar-refractivity contribution in [2.75, 3.05) is 17.7 Å². The molecule has 2 N–H and O–H groups in total. The van der Waals surface area contributed by atoms with E-state index in [9.17, 15) is 9.59 Å². The Morgan fingerprint density at radius 2 is 1.88 bits per heavy atom. The van der Waals surface area contributed by atoms with E-state index in [0.29, 0.717) is 28.0 Å². The first kappa shape index (κ1) is 23.3. The summed E-state index contributed by atoms with van der Waals surface area (Å²) in [6, 6.07) is 18.7. The molecular weight excluding hydrogens is 450 g/mol. The molecule has 9 heteroatoms. The van der Waals surface area contributed by atoms with Crippen molar-refractivity contribution in [1.29, 1.82) is 0 Å². The van der Waals surface area contributed by atoms with Gasteiger partial charge in [0.15, 0.2) is 5.82 Å². The van der Waals surface area contributed by atoms with E-state index in [0.717, 1.165) is 12.0 Å². The van der Waals surface area contributed by atoms with Crippen LogP contribution in [0.2, 0.25) is 0 Å². The third-order valence-electron chi connectivity index (χ3n) is 5.31. The summed E-state index contributed by atoms with van der Waals surface area (Å²) in [7, 11) is 1.65. The van der Waals surface area contributed by atoms with Gasteiger partial charge in [-0.25, -0.2) is 4.98 Å². The Hall–Kier alpha value is -3.85. The second-order valence-electron chi connectivity index (χ2n) is 7.54. The average molecular weight is 476 g/mol. The fourth-order valence-corrected chi connectivity index (χ4v) is 4.04. The monoisotopic (exact) mass is 475 g/mol. The molecule has 34 heavy (non-hydrogen) atoms. The lowest BCUT2D eigenvalue weighted by Crippen LogP contribution is -2.31. The van der Waals surface area contributed by atoms with Crippen LogP contribution in [-0.2, 0) is 17.8 Å². The number of furan rings is 1. The molecule has 2 heterocycles. The number of thioether (sulfide) groups is 1. The standard InChI is InChI=1S/C25H25N5O3S/c1-3-17-10-12-18(13-11-17)23-27-25(29-28-23)34-16-22(31)30(2)21-9-5-4-8-20(21)24(32)26-15-19-7-6-14-33-19/h4-14H,3,15-16H2,1-2H3,(H,26,32)(H,27,28,29). The van der Waals surface area contributed by atoms with Crippen molar-refractivity contribution in [3.05, 3.63) is 83.8 Å². The number of aromatic nitrogens is 3. The molecule has 4 aromatic rings. The number of nitrogens with zero attached hydrogens (tertiary/aromatic N) is 3. The van der Waals surface area contributed by atoms with Crippen molar-refractivity contribution < 1.29 is 14.0 Å². The Morgan fingerprint density at radius 1 is 1.09 bits per heavy atom. The smallest absolute Gasteiger partial charge is 0.253 e. The van der Waals surface area contributed by atoms with Crippen LogP contribution in [0.25, 0.3) is 11.4 Å². The van der Waals surface area contributed by atoms with Crippen LogP contribution in [0.1, 0.15) is 28.6 Å². The molecule has 0 atom stereocenters. The second-order valence-corrected chi connectivity index (χ2v) is 8.48. The molecule has 0 fully saturated rings. The Morgan fingerprint density at radius 3 is 2.62 bits per heavy atom. The van der Waals surface area contributed by atoms with E-state index >= 15 is 0 Å². The Labute approximate surface area is 201 Å². The van der Waals surface area contributed by atoms with Crippen LogP contribution in [0.5, 0.6) is 0 Å². The maximum Gasteiger partial charge on any atom is 0.253 e. The zero-order valence-corrected chi connectivity index (χ0v) is 19.8. The first-order valence-corrected chi connectivity index (χ1v) is 11.8. The summed E-state index contributed by atoms with van der Waals surface area (Å²) in [4.78, 5) is 31.6. The lowest BCUT2D eigenvalue weighted by Gasteiger charge is -2.20. The molecule has 174 valence electrons. The fraction of sp³-hybridized carbons (Fsp3) is 0.200. The van der Waals surface area contributed by atoms with E-state index in [1.165, 1.54) is 22.2 Å². The minimum atomic E-state index is -0.285. The average Bonchev–Trinajstić information content (AvgIpc) is 3.58. The van der Waals surface area contributed by atoms with Gasteiger partial charge in [-0.3, -0.25) is 14.7 Å². The summed E-state index contributed by atoms with van der Waals surface area (Å²) in [6.45, 7) is 2.38. The summed E-state index contributed by atoms with van der Waals surface area (Å²) in [6.07, 6.45) is 2.53. The molecule has 0 aliphatic rings. The zero-order chi connectivity index (χ0) is 23.9. The number of carbonyl (C=O) groups excluding carboxylic acids is 2. The molecule has 0 saturated heterocycles. The molecule has 0 spiro atoms. The van der Waals surface area contributed by atoms with Gasteiger partial charge in [-0.05, 0) is 36.2 Å². The first-order valence-electron chi connectivity index (χ1n) is 10.9. The number of rotatable bonds is 9. The molecular formula is C25H25N5O3S. The van der Waals surface area contributed by atoms with Crippen LogP contribution in [0.3, 0.4) is 0 Å². The van der Waals surface area contributed by atoms with Gasteiger partial charge in [0.05, 0.1) is 29.8 Å². The normalized spacial score (nSPS) is 10.8. The van der Waals surface area contributed by atoms with Crippen molar-refractivity contribution in [3.8, 4) is 11.4 Å². The van der Waals surface area contributed by atoms with Crippen molar-refractivity contribution in [2.24, 2.45) is 0 Å². The number of amides is 2. The Balaban J connectivity index is 1.37. The van der Waals surface area contributed by atoms with Crippen molar-refractivity contribution in [1.82, 2.24) is 20.5 Å². The maximum absolute atomic E-state index is 12.9. The Bertz CT molecular complexity index is 1250. The quantitative estimate of drug-likeness (QED) is 0.350. The van der Waals surface area contributed by atoms with Crippen LogP contribution in [0.4, 0.5) is 5.69 Å². The molecule has 0 saturated carbocycles. The number of nitrogens with one attached hydrogen (secondary N) is 2. The third kappa shape index (κ3) is 5.55. The van der Waals surface area contributed by atoms with Gasteiger partial charge >= 0.3 is 0 Å². The number of para-hydroxylation sites is 1. The lowest BCUT2D eigenvalue weighted by molar-refractivity contribution is -0.115. The molecule has 8 nitrogen and oxygen atoms in total. The van der Waals surface area contributed by atoms with Crippen LogP contribution < -0.4 is 10.2 Å². The van der Waals surface area contributed by atoms with Gasteiger partial charge in [0, 0.05) is 12.6 Å². The molecule has 2 aromatic heterocycles.